The number of carbonyl (C=O) groups is 1. The van der Waals surface area contributed by atoms with Crippen LogP contribution in [0.15, 0.2) is 55.4 Å². The lowest BCUT2D eigenvalue weighted by molar-refractivity contribution is -0.125. The Labute approximate surface area is 225 Å². The summed E-state index contributed by atoms with van der Waals surface area (Å²) in [6.07, 6.45) is 13.8. The molecule has 0 bridgehead atoms. The summed E-state index contributed by atoms with van der Waals surface area (Å²) in [5.41, 5.74) is 12.3. The van der Waals surface area contributed by atoms with Gasteiger partial charge in [-0.1, -0.05) is 50.5 Å². The molecule has 0 unspecified atom stereocenters. The van der Waals surface area contributed by atoms with E-state index in [0.29, 0.717) is 18.0 Å². The Kier molecular flexibility index (Phi) is 9.00. The van der Waals surface area contributed by atoms with Gasteiger partial charge in [-0.3, -0.25) is 9.78 Å². The van der Waals surface area contributed by atoms with E-state index in [1.807, 2.05) is 39.2 Å². The lowest BCUT2D eigenvalue weighted by Gasteiger charge is -2.20. The maximum atomic E-state index is 12.8. The van der Waals surface area contributed by atoms with Crippen molar-refractivity contribution in [1.29, 1.82) is 0 Å². The van der Waals surface area contributed by atoms with Crippen LogP contribution in [0.1, 0.15) is 60.9 Å². The number of nitrogens with two attached hydrogens (primary N) is 1. The number of aromatic nitrogens is 2. The van der Waals surface area contributed by atoms with Crippen LogP contribution in [0.4, 0.5) is 5.69 Å². The van der Waals surface area contributed by atoms with Gasteiger partial charge in [-0.2, -0.15) is 0 Å². The van der Waals surface area contributed by atoms with E-state index >= 15 is 0 Å². The molecular formula is C31H39N5O2. The van der Waals surface area contributed by atoms with Crippen molar-refractivity contribution in [2.45, 2.75) is 58.6 Å². The third-order valence-electron chi connectivity index (χ3n) is 7.20. The zero-order valence-corrected chi connectivity index (χ0v) is 22.8. The number of pyridine rings is 2. The van der Waals surface area contributed by atoms with Crippen molar-refractivity contribution in [2.24, 2.45) is 5.92 Å². The number of carbonyl (C=O) groups excluding carboxylic acids is 1. The smallest absolute Gasteiger partial charge is 0.223 e. The highest BCUT2D eigenvalue weighted by Crippen LogP contribution is 2.32. The number of nitrogens with zero attached hydrogens (tertiary/aromatic N) is 3. The number of hydrogen-bond acceptors (Lipinski definition) is 6. The van der Waals surface area contributed by atoms with Gasteiger partial charge in [0.15, 0.2) is 0 Å². The van der Waals surface area contributed by atoms with Crippen molar-refractivity contribution >= 4 is 28.2 Å². The Balaban J connectivity index is 1.57. The number of rotatable bonds is 9. The van der Waals surface area contributed by atoms with Crippen LogP contribution >= 0.6 is 0 Å². The Bertz CT molecular complexity index is 1320. The van der Waals surface area contributed by atoms with Gasteiger partial charge in [-0.25, -0.2) is 4.98 Å². The van der Waals surface area contributed by atoms with Gasteiger partial charge in [0.2, 0.25) is 5.91 Å². The molecule has 2 aromatic heterocycles. The standard InChI is InChI=1S/C31H39N5O2/c1-5-11-28(36(3)4)25-16-21(2)35-30-24(25)14-10-15-29(30)38-20-26-23(17-33-19-27(26)32)18-34-31(37)22-12-8-6-7-9-13-22/h5,10-11,14-17,19,22H,1,6-9,12-13,18,20,32H2,2-4H3,(H,34,37)/b28-11-. The number of allylic oxidation sites excluding steroid dienone is 2. The van der Waals surface area contributed by atoms with E-state index in [9.17, 15) is 4.79 Å². The zero-order chi connectivity index (χ0) is 27.1. The van der Waals surface area contributed by atoms with Gasteiger partial charge in [0.05, 0.1) is 11.9 Å². The molecule has 1 aromatic carbocycles. The summed E-state index contributed by atoms with van der Waals surface area (Å²) in [5.74, 6) is 0.883. The van der Waals surface area contributed by atoms with Crippen molar-refractivity contribution in [3.05, 3.63) is 77.8 Å². The van der Waals surface area contributed by atoms with Gasteiger partial charge in [-0.05, 0) is 43.5 Å². The van der Waals surface area contributed by atoms with Crippen LogP contribution in [0.2, 0.25) is 0 Å². The van der Waals surface area contributed by atoms with Crippen molar-refractivity contribution in [1.82, 2.24) is 20.2 Å². The number of benzene rings is 1. The first kappa shape index (κ1) is 27.2. The van der Waals surface area contributed by atoms with Crippen molar-refractivity contribution < 1.29 is 9.53 Å². The molecule has 38 heavy (non-hydrogen) atoms. The topological polar surface area (TPSA) is 93.4 Å². The van der Waals surface area contributed by atoms with Crippen LogP contribution in [-0.4, -0.2) is 34.9 Å². The van der Waals surface area contributed by atoms with Crippen molar-refractivity contribution in [3.63, 3.8) is 0 Å². The van der Waals surface area contributed by atoms with Gasteiger partial charge < -0.3 is 20.7 Å². The molecule has 1 aliphatic rings. The highest BCUT2D eigenvalue weighted by Gasteiger charge is 2.20. The van der Waals surface area contributed by atoms with E-state index in [2.05, 4.69) is 33.9 Å². The number of anilines is 1. The Hall–Kier alpha value is -3.87. The number of amides is 1. The predicted octanol–water partition coefficient (Wildman–Crippen LogP) is 5.77. The molecule has 200 valence electrons. The van der Waals surface area contributed by atoms with Crippen LogP contribution in [-0.2, 0) is 17.9 Å². The summed E-state index contributed by atoms with van der Waals surface area (Å²) in [6, 6.07) is 8.04. The summed E-state index contributed by atoms with van der Waals surface area (Å²) < 4.78 is 6.34. The number of aryl methyl sites for hydroxylation is 1. The fraction of sp³-hybridized carbons (Fsp3) is 0.387. The largest absolute Gasteiger partial charge is 0.487 e. The average molecular weight is 514 g/mol. The second-order valence-corrected chi connectivity index (χ2v) is 10.2. The van der Waals surface area contributed by atoms with Crippen LogP contribution in [0, 0.1) is 12.8 Å². The minimum Gasteiger partial charge on any atom is -0.487 e. The van der Waals surface area contributed by atoms with E-state index in [1.165, 1.54) is 12.8 Å². The minimum atomic E-state index is 0.0904. The molecule has 0 radical (unpaired) electrons. The van der Waals surface area contributed by atoms with Gasteiger partial charge >= 0.3 is 0 Å². The number of fused-ring (bicyclic) bond motifs is 1. The minimum absolute atomic E-state index is 0.0904. The first-order valence-electron chi connectivity index (χ1n) is 13.4. The maximum Gasteiger partial charge on any atom is 0.223 e. The first-order valence-corrected chi connectivity index (χ1v) is 13.4. The zero-order valence-electron chi connectivity index (χ0n) is 22.8. The van der Waals surface area contributed by atoms with Crippen LogP contribution in [0.25, 0.3) is 16.6 Å². The van der Waals surface area contributed by atoms with Gasteiger partial charge in [0.25, 0.3) is 0 Å². The fourth-order valence-electron chi connectivity index (χ4n) is 5.17. The van der Waals surface area contributed by atoms with Gasteiger partial charge in [0.1, 0.15) is 17.9 Å². The summed E-state index contributed by atoms with van der Waals surface area (Å²) in [5, 5.41) is 4.11. The molecule has 2 heterocycles. The summed E-state index contributed by atoms with van der Waals surface area (Å²) in [7, 11) is 4.03. The van der Waals surface area contributed by atoms with Crippen LogP contribution in [0.5, 0.6) is 5.75 Å². The van der Waals surface area contributed by atoms with E-state index in [4.69, 9.17) is 15.5 Å². The Morgan fingerprint density at radius 1 is 1.21 bits per heavy atom. The molecule has 0 atom stereocenters. The maximum absolute atomic E-state index is 12.8. The molecule has 0 aliphatic heterocycles. The fourth-order valence-corrected chi connectivity index (χ4v) is 5.17. The van der Waals surface area contributed by atoms with Crippen LogP contribution < -0.4 is 15.8 Å². The van der Waals surface area contributed by atoms with Crippen LogP contribution in [0.3, 0.4) is 0 Å². The Morgan fingerprint density at radius 3 is 2.68 bits per heavy atom. The van der Waals surface area contributed by atoms with Gasteiger partial charge in [-0.15, -0.1) is 0 Å². The lowest BCUT2D eigenvalue weighted by Crippen LogP contribution is -2.30. The van der Waals surface area contributed by atoms with Crippen molar-refractivity contribution in [3.8, 4) is 5.75 Å². The molecule has 1 amide bonds. The molecule has 1 saturated carbocycles. The van der Waals surface area contributed by atoms with E-state index < -0.39 is 0 Å². The first-order chi connectivity index (χ1) is 18.4. The molecule has 0 spiro atoms. The average Bonchev–Trinajstić information content (AvgIpc) is 3.19. The number of ether oxygens (including phenoxy) is 1. The SMILES string of the molecule is C=C/C=C(/c1cc(C)nc2c(OCc3c(N)cncc3CNC(=O)C3CCCCCC3)cccc12)N(C)C. The number of para-hydroxylation sites is 1. The molecule has 0 saturated heterocycles. The monoisotopic (exact) mass is 513 g/mol. The third-order valence-corrected chi connectivity index (χ3v) is 7.20. The lowest BCUT2D eigenvalue weighted by atomic mass is 9.99. The molecule has 3 aromatic rings. The highest BCUT2D eigenvalue weighted by atomic mass is 16.5. The molecule has 1 fully saturated rings. The molecular weight excluding hydrogens is 474 g/mol. The summed E-state index contributed by atoms with van der Waals surface area (Å²) >= 11 is 0. The summed E-state index contributed by atoms with van der Waals surface area (Å²) in [6.45, 7) is 6.48. The predicted molar refractivity (Wildman–Crippen MR) is 154 cm³/mol. The second-order valence-electron chi connectivity index (χ2n) is 10.2. The quantitative estimate of drug-likeness (QED) is 0.279. The Morgan fingerprint density at radius 2 is 1.97 bits per heavy atom. The van der Waals surface area contributed by atoms with E-state index in [-0.39, 0.29) is 18.4 Å². The summed E-state index contributed by atoms with van der Waals surface area (Å²) in [4.78, 5) is 24.0. The molecule has 7 nitrogen and oxygen atoms in total. The van der Waals surface area contributed by atoms with Gasteiger partial charge in [0, 0.05) is 60.7 Å². The highest BCUT2D eigenvalue weighted by molar-refractivity contribution is 5.94. The van der Waals surface area contributed by atoms with Crippen molar-refractivity contribution in [2.75, 3.05) is 19.8 Å². The number of nitrogens with one attached hydrogen (secondary N) is 1. The number of nitrogen functional groups attached to an aromatic ring is 1. The number of hydrogen-bond donors (Lipinski definition) is 2. The molecule has 4 rings (SSSR count). The van der Waals surface area contributed by atoms with E-state index in [1.54, 1.807) is 18.5 Å². The molecule has 1 aliphatic carbocycles. The molecule has 3 N–H and O–H groups in total. The third kappa shape index (κ3) is 6.33. The molecule has 7 heteroatoms. The van der Waals surface area contributed by atoms with E-state index in [0.717, 1.165) is 64.7 Å². The normalized spacial score (nSPS) is 14.7. The second kappa shape index (κ2) is 12.6.